The molecule has 0 radical (unpaired) electrons. The van der Waals surface area contributed by atoms with Crippen molar-refractivity contribution in [3.05, 3.63) is 87.5 Å². The minimum atomic E-state index is -0.406. The number of aromatic nitrogens is 1. The Morgan fingerprint density at radius 3 is 2.59 bits per heavy atom. The average molecular weight is 470 g/mol. The van der Waals surface area contributed by atoms with Crippen molar-refractivity contribution < 1.29 is 9.53 Å². The standard InChI is InChI=1S/C25H25Cl2N3O2/c1-16(24-21(26)8-5-9-22(24)27)32-23-12-18(13-29-25(23)28)19-11-20(30(14-19)15-31)10-17-6-3-2-4-7-17/h2-9,12-13,15-16,19-20H,10-11,14H2,1H3,(H2,28,29). The van der Waals surface area contributed by atoms with E-state index >= 15 is 0 Å². The molecular weight excluding hydrogens is 445 g/mol. The van der Waals surface area contributed by atoms with Gasteiger partial charge in [0, 0.05) is 40.3 Å². The third-order valence-electron chi connectivity index (χ3n) is 5.99. The Hall–Kier alpha value is -2.76. The molecule has 2 N–H and O–H groups in total. The van der Waals surface area contributed by atoms with Crippen LogP contribution < -0.4 is 10.5 Å². The molecular formula is C25H25Cl2N3O2. The first kappa shape index (κ1) is 22.4. The maximum Gasteiger partial charge on any atom is 0.209 e. The number of halogens is 2. The molecule has 3 unspecified atom stereocenters. The van der Waals surface area contributed by atoms with Crippen LogP contribution in [0.15, 0.2) is 60.8 Å². The third-order valence-corrected chi connectivity index (χ3v) is 6.65. The van der Waals surface area contributed by atoms with Gasteiger partial charge in [0.2, 0.25) is 6.41 Å². The SMILES string of the molecule is CC(Oc1cc(C2CC(Cc3ccccc3)N(C=O)C2)cnc1N)c1c(Cl)cccc1Cl. The number of amides is 1. The number of likely N-dealkylation sites (tertiary alicyclic amines) is 1. The molecule has 1 aromatic heterocycles. The molecule has 0 spiro atoms. The van der Waals surface area contributed by atoms with Crippen LogP contribution in [0.3, 0.4) is 0 Å². The van der Waals surface area contributed by atoms with Crippen molar-refractivity contribution >= 4 is 35.4 Å². The smallest absolute Gasteiger partial charge is 0.209 e. The molecule has 0 saturated carbocycles. The van der Waals surface area contributed by atoms with Gasteiger partial charge in [-0.05, 0) is 49.1 Å². The van der Waals surface area contributed by atoms with Gasteiger partial charge in [-0.25, -0.2) is 4.98 Å². The fraction of sp³-hybridized carbons (Fsp3) is 0.280. The molecule has 0 bridgehead atoms. The number of nitrogen functional groups attached to an aromatic ring is 1. The first-order valence-corrected chi connectivity index (χ1v) is 11.3. The molecule has 3 aromatic rings. The lowest BCUT2D eigenvalue weighted by atomic mass is 9.95. The van der Waals surface area contributed by atoms with E-state index in [0.29, 0.717) is 33.7 Å². The molecule has 3 atom stereocenters. The number of nitrogens with zero attached hydrogens (tertiary/aromatic N) is 2. The summed E-state index contributed by atoms with van der Waals surface area (Å²) in [6, 6.07) is 17.6. The van der Waals surface area contributed by atoms with E-state index in [-0.39, 0.29) is 12.0 Å². The quantitative estimate of drug-likeness (QED) is 0.452. The first-order chi connectivity index (χ1) is 15.5. The van der Waals surface area contributed by atoms with Crippen LogP contribution in [0.5, 0.6) is 5.75 Å². The molecule has 2 aromatic carbocycles. The minimum Gasteiger partial charge on any atom is -0.482 e. The van der Waals surface area contributed by atoms with Gasteiger partial charge in [0.25, 0.3) is 0 Å². The van der Waals surface area contributed by atoms with Gasteiger partial charge in [-0.15, -0.1) is 0 Å². The lowest BCUT2D eigenvalue weighted by molar-refractivity contribution is -0.118. The minimum absolute atomic E-state index is 0.141. The van der Waals surface area contributed by atoms with Crippen LogP contribution in [0.25, 0.3) is 0 Å². The van der Waals surface area contributed by atoms with Gasteiger partial charge in [-0.3, -0.25) is 4.79 Å². The highest BCUT2D eigenvalue weighted by molar-refractivity contribution is 6.36. The Morgan fingerprint density at radius 2 is 1.91 bits per heavy atom. The second-order valence-corrected chi connectivity index (χ2v) is 8.94. The number of anilines is 1. The second kappa shape index (κ2) is 9.80. The largest absolute Gasteiger partial charge is 0.482 e. The van der Waals surface area contributed by atoms with Gasteiger partial charge in [-0.2, -0.15) is 0 Å². The van der Waals surface area contributed by atoms with Crippen molar-refractivity contribution in [3.63, 3.8) is 0 Å². The number of nitrogens with two attached hydrogens (primary N) is 1. The topological polar surface area (TPSA) is 68.5 Å². The Balaban J connectivity index is 1.53. The maximum atomic E-state index is 11.7. The van der Waals surface area contributed by atoms with Crippen molar-refractivity contribution in [3.8, 4) is 5.75 Å². The van der Waals surface area contributed by atoms with E-state index in [1.165, 1.54) is 5.56 Å². The summed E-state index contributed by atoms with van der Waals surface area (Å²) in [5.74, 6) is 0.938. The molecule has 166 valence electrons. The highest BCUT2D eigenvalue weighted by Gasteiger charge is 2.32. The van der Waals surface area contributed by atoms with Crippen molar-refractivity contribution in [2.75, 3.05) is 12.3 Å². The van der Waals surface area contributed by atoms with Crippen LogP contribution >= 0.6 is 23.2 Å². The normalized spacial score (nSPS) is 19.0. The highest BCUT2D eigenvalue weighted by Crippen LogP contribution is 2.37. The molecule has 1 aliphatic rings. The van der Waals surface area contributed by atoms with Gasteiger partial charge in [0.15, 0.2) is 11.6 Å². The van der Waals surface area contributed by atoms with E-state index in [1.54, 1.807) is 24.4 Å². The summed E-state index contributed by atoms with van der Waals surface area (Å²) >= 11 is 12.7. The summed E-state index contributed by atoms with van der Waals surface area (Å²) in [7, 11) is 0. The highest BCUT2D eigenvalue weighted by atomic mass is 35.5. The average Bonchev–Trinajstić information content (AvgIpc) is 3.18. The Morgan fingerprint density at radius 1 is 1.19 bits per heavy atom. The summed E-state index contributed by atoms with van der Waals surface area (Å²) in [5, 5.41) is 1.07. The van der Waals surface area contributed by atoms with Crippen LogP contribution in [-0.4, -0.2) is 28.9 Å². The number of hydrogen-bond donors (Lipinski definition) is 1. The molecule has 32 heavy (non-hydrogen) atoms. The number of carbonyl (C=O) groups is 1. The van der Waals surface area contributed by atoms with Crippen LogP contribution in [0.2, 0.25) is 10.0 Å². The van der Waals surface area contributed by atoms with E-state index in [9.17, 15) is 4.79 Å². The molecule has 1 amide bonds. The van der Waals surface area contributed by atoms with Gasteiger partial charge < -0.3 is 15.4 Å². The lowest BCUT2D eigenvalue weighted by Crippen LogP contribution is -2.29. The number of ether oxygens (including phenoxy) is 1. The summed E-state index contributed by atoms with van der Waals surface area (Å²) in [6.45, 7) is 2.51. The number of hydrogen-bond acceptors (Lipinski definition) is 4. The number of carbonyl (C=O) groups excluding carboxylic acids is 1. The Kier molecular flexibility index (Phi) is 6.87. The monoisotopic (exact) mass is 469 g/mol. The van der Waals surface area contributed by atoms with Crippen LogP contribution in [0.1, 0.15) is 42.1 Å². The Labute approximate surface area is 198 Å². The summed E-state index contributed by atoms with van der Waals surface area (Å²) in [4.78, 5) is 17.9. The van der Waals surface area contributed by atoms with Crippen LogP contribution in [-0.2, 0) is 11.2 Å². The van der Waals surface area contributed by atoms with Crippen LogP contribution in [0, 0.1) is 0 Å². The molecule has 4 rings (SSSR count). The van der Waals surface area contributed by atoms with Crippen molar-refractivity contribution in [1.82, 2.24) is 9.88 Å². The van der Waals surface area contributed by atoms with Crippen LogP contribution in [0.4, 0.5) is 5.82 Å². The van der Waals surface area contributed by atoms with Gasteiger partial charge in [0.1, 0.15) is 6.10 Å². The first-order valence-electron chi connectivity index (χ1n) is 10.6. The molecule has 1 aliphatic heterocycles. The second-order valence-electron chi connectivity index (χ2n) is 8.13. The molecule has 1 fully saturated rings. The van der Waals surface area contributed by atoms with E-state index in [4.69, 9.17) is 33.7 Å². The summed E-state index contributed by atoms with van der Waals surface area (Å²) in [6.07, 6.45) is 3.98. The van der Waals surface area contributed by atoms with E-state index in [1.807, 2.05) is 36.1 Å². The molecule has 7 heteroatoms. The molecule has 5 nitrogen and oxygen atoms in total. The molecule has 0 aliphatic carbocycles. The van der Waals surface area contributed by atoms with Gasteiger partial charge in [0.05, 0.1) is 0 Å². The van der Waals surface area contributed by atoms with Crippen molar-refractivity contribution in [1.29, 1.82) is 0 Å². The zero-order valence-electron chi connectivity index (χ0n) is 17.7. The van der Waals surface area contributed by atoms with E-state index < -0.39 is 6.10 Å². The van der Waals surface area contributed by atoms with E-state index in [2.05, 4.69) is 17.1 Å². The fourth-order valence-electron chi connectivity index (χ4n) is 4.34. The van der Waals surface area contributed by atoms with Gasteiger partial charge >= 0.3 is 0 Å². The summed E-state index contributed by atoms with van der Waals surface area (Å²) in [5.41, 5.74) is 9.02. The number of benzene rings is 2. The van der Waals surface area contributed by atoms with E-state index in [0.717, 1.165) is 24.8 Å². The number of rotatable bonds is 7. The third kappa shape index (κ3) is 4.84. The maximum absolute atomic E-state index is 11.7. The predicted octanol–water partition coefficient (Wildman–Crippen LogP) is 5.67. The molecule has 2 heterocycles. The molecule has 1 saturated heterocycles. The number of pyridine rings is 1. The zero-order valence-corrected chi connectivity index (χ0v) is 19.3. The van der Waals surface area contributed by atoms with Gasteiger partial charge in [-0.1, -0.05) is 59.6 Å². The summed E-state index contributed by atoms with van der Waals surface area (Å²) < 4.78 is 6.13. The zero-order chi connectivity index (χ0) is 22.7. The Bertz CT molecular complexity index is 1070. The fourth-order valence-corrected chi connectivity index (χ4v) is 5.04. The van der Waals surface area contributed by atoms with Crippen molar-refractivity contribution in [2.45, 2.75) is 37.8 Å². The predicted molar refractivity (Wildman–Crippen MR) is 128 cm³/mol. The van der Waals surface area contributed by atoms with Crippen molar-refractivity contribution in [2.24, 2.45) is 0 Å². The lowest BCUT2D eigenvalue weighted by Gasteiger charge is -2.20.